The summed E-state index contributed by atoms with van der Waals surface area (Å²) in [6.45, 7) is 2.02. The van der Waals surface area contributed by atoms with Crippen molar-refractivity contribution in [3.63, 3.8) is 0 Å². The van der Waals surface area contributed by atoms with Gasteiger partial charge in [-0.2, -0.15) is 0 Å². The molecule has 1 aliphatic carbocycles. The second-order valence-electron chi connectivity index (χ2n) is 12.6. The Hall–Kier alpha value is -4.86. The lowest BCUT2D eigenvalue weighted by molar-refractivity contribution is 0.0966. The van der Waals surface area contributed by atoms with Crippen LogP contribution in [0.4, 0.5) is 0 Å². The Kier molecular flexibility index (Phi) is 9.47. The molecule has 0 aromatic heterocycles. The number of nitrogens with zero attached hydrogens (tertiary/aromatic N) is 2. The van der Waals surface area contributed by atoms with Gasteiger partial charge < -0.3 is 36.0 Å². The van der Waals surface area contributed by atoms with E-state index in [9.17, 15) is 30.6 Å². The first kappa shape index (κ1) is 32.1. The maximum Gasteiger partial charge on any atom is 0.169 e. The van der Waals surface area contributed by atoms with Crippen molar-refractivity contribution in [2.24, 2.45) is 21.3 Å². The van der Waals surface area contributed by atoms with Crippen LogP contribution in [0.3, 0.4) is 0 Å². The first-order valence-electron chi connectivity index (χ1n) is 16.1. The van der Waals surface area contributed by atoms with Crippen LogP contribution in [0, 0.1) is 11.3 Å². The summed E-state index contributed by atoms with van der Waals surface area (Å²) in [6.07, 6.45) is 10.6. The predicted molar refractivity (Wildman–Crippen MR) is 185 cm³/mol. The van der Waals surface area contributed by atoms with Gasteiger partial charge in [0.15, 0.2) is 23.0 Å². The van der Waals surface area contributed by atoms with E-state index in [-0.39, 0.29) is 52.1 Å². The second-order valence-corrected chi connectivity index (χ2v) is 12.6. The second kappa shape index (κ2) is 13.9. The van der Waals surface area contributed by atoms with Crippen molar-refractivity contribution < 1.29 is 30.6 Å². The van der Waals surface area contributed by atoms with Gasteiger partial charge >= 0.3 is 0 Å². The van der Waals surface area contributed by atoms with E-state index in [1.54, 1.807) is 30.4 Å². The monoisotopic (exact) mass is 635 g/mol. The lowest BCUT2D eigenvalue weighted by Crippen LogP contribution is -2.49. The largest absolute Gasteiger partial charge is 0.507 e. The number of benzene rings is 4. The third-order valence-corrected chi connectivity index (χ3v) is 9.78. The first-order chi connectivity index (χ1) is 22.8. The summed E-state index contributed by atoms with van der Waals surface area (Å²) in [5.74, 6) is -1.11. The summed E-state index contributed by atoms with van der Waals surface area (Å²) < 4.78 is 0. The van der Waals surface area contributed by atoms with E-state index in [1.165, 1.54) is 18.2 Å². The minimum absolute atomic E-state index is 0.145. The molecular weight excluding hydrogens is 594 g/mol. The summed E-state index contributed by atoms with van der Waals surface area (Å²) >= 11 is 0. The van der Waals surface area contributed by atoms with Crippen molar-refractivity contribution in [3.8, 4) is 28.7 Å². The molecule has 0 bridgehead atoms. The number of phenols is 5. The Morgan fingerprint density at radius 1 is 0.830 bits per heavy atom. The molecule has 7 N–H and O–H groups in total. The number of hydrogen-bond donors (Lipinski definition) is 7. The van der Waals surface area contributed by atoms with Gasteiger partial charge in [-0.1, -0.05) is 67.5 Å². The van der Waals surface area contributed by atoms with Gasteiger partial charge in [0.1, 0.15) is 12.4 Å². The van der Waals surface area contributed by atoms with E-state index in [0.29, 0.717) is 48.1 Å². The van der Waals surface area contributed by atoms with E-state index in [0.717, 1.165) is 49.1 Å². The Morgan fingerprint density at radius 3 is 2.38 bits per heavy atom. The van der Waals surface area contributed by atoms with Crippen molar-refractivity contribution in [1.82, 2.24) is 5.32 Å². The van der Waals surface area contributed by atoms with Crippen molar-refractivity contribution in [3.05, 3.63) is 88.5 Å². The summed E-state index contributed by atoms with van der Waals surface area (Å²) in [7, 11) is 0. The fourth-order valence-electron chi connectivity index (χ4n) is 7.16. The van der Waals surface area contributed by atoms with Gasteiger partial charge in [-0.05, 0) is 77.4 Å². The molecule has 6 rings (SSSR count). The average molecular weight is 636 g/mol. The highest BCUT2D eigenvalue weighted by Gasteiger charge is 2.44. The van der Waals surface area contributed by atoms with Gasteiger partial charge in [0.25, 0.3) is 0 Å². The fraction of sp³-hybridized carbons (Fsp3) is 0.316. The number of rotatable bonds is 11. The Labute approximate surface area is 273 Å². The number of aliphatic hydroxyl groups is 1. The third kappa shape index (κ3) is 6.54. The number of phenolic OH excluding ortho intramolecular Hbond substituents is 5. The maximum atomic E-state index is 11.1. The minimum atomic E-state index is -0.372. The van der Waals surface area contributed by atoms with E-state index in [1.807, 2.05) is 6.21 Å². The van der Waals surface area contributed by atoms with Gasteiger partial charge in [-0.15, -0.1) is 0 Å². The van der Waals surface area contributed by atoms with E-state index < -0.39 is 0 Å². The molecule has 0 spiro atoms. The van der Waals surface area contributed by atoms with Gasteiger partial charge in [0.05, 0.1) is 11.1 Å². The van der Waals surface area contributed by atoms with Crippen LogP contribution in [-0.4, -0.2) is 62.4 Å². The molecule has 0 saturated heterocycles. The molecular formula is C38H41N3O6. The van der Waals surface area contributed by atoms with Crippen LogP contribution in [0.15, 0.2) is 70.6 Å². The molecule has 244 valence electrons. The van der Waals surface area contributed by atoms with Crippen LogP contribution in [0.1, 0.15) is 53.5 Å². The lowest BCUT2D eigenvalue weighted by atomic mass is 9.63. The molecule has 4 aromatic rings. The number of nitrogens with one attached hydrogen (secondary N) is 1. The standard InChI is InChI=1S/C38H41N3O6/c42-21-27-4-1-2-17-38(27,34-20-40-23-41-34)22-39-19-26-9-7-24(8-10-26)11-15-30-28(14-12-25-13-16-31(43)33(45)18-25)29-5-3-6-32(44)35(29)37(47)36(30)46/h3,5-10,12-14,16,18,20,27,39,42-47H,1-2,4,11,15,17,19,21-23H2/t27-,38+/m1/s1. The molecule has 1 saturated carbocycles. The molecule has 1 heterocycles. The van der Waals surface area contributed by atoms with Crippen molar-refractivity contribution in [2.45, 2.75) is 45.1 Å². The maximum absolute atomic E-state index is 11.1. The zero-order valence-electron chi connectivity index (χ0n) is 26.2. The topological polar surface area (TPSA) is 158 Å². The van der Waals surface area contributed by atoms with Gasteiger partial charge in [0.2, 0.25) is 0 Å². The van der Waals surface area contributed by atoms with Gasteiger partial charge in [-0.3, -0.25) is 9.98 Å². The summed E-state index contributed by atoms with van der Waals surface area (Å²) in [5, 5.41) is 66.7. The molecule has 1 aliphatic heterocycles. The quantitative estimate of drug-likeness (QED) is 0.0779. The SMILES string of the molecule is OC[C@H]1CCCC[C@@]1(CNCc1ccc(CCc2c(O)c(O)c3c(O)cccc3c2C=Cc2ccc(O)c(O)c2)cc1)C1=NCN=C1. The van der Waals surface area contributed by atoms with Crippen molar-refractivity contribution >= 4 is 34.9 Å². The smallest absolute Gasteiger partial charge is 0.169 e. The Bertz CT molecular complexity index is 1850. The molecule has 0 radical (unpaired) electrons. The molecule has 0 amide bonds. The molecule has 9 heteroatoms. The molecule has 0 unspecified atom stereocenters. The highest BCUT2D eigenvalue weighted by molar-refractivity contribution is 6.34. The summed E-state index contributed by atoms with van der Waals surface area (Å²) in [6, 6.07) is 17.7. The van der Waals surface area contributed by atoms with Crippen molar-refractivity contribution in [2.75, 3.05) is 19.8 Å². The number of aliphatic hydroxyl groups excluding tert-OH is 1. The molecule has 47 heavy (non-hydrogen) atoms. The molecule has 2 atom stereocenters. The lowest BCUT2D eigenvalue weighted by Gasteiger charge is -2.43. The molecule has 1 fully saturated rings. The van der Waals surface area contributed by atoms with E-state index in [2.05, 4.69) is 39.6 Å². The number of fused-ring (bicyclic) bond motifs is 1. The van der Waals surface area contributed by atoms with Crippen LogP contribution in [-0.2, 0) is 19.4 Å². The molecule has 9 nitrogen and oxygen atoms in total. The van der Waals surface area contributed by atoms with Crippen LogP contribution in [0.5, 0.6) is 28.7 Å². The summed E-state index contributed by atoms with van der Waals surface area (Å²) in [4.78, 5) is 8.99. The number of aryl methyl sites for hydroxylation is 1. The van der Waals surface area contributed by atoms with Crippen LogP contribution in [0.25, 0.3) is 22.9 Å². The zero-order valence-corrected chi connectivity index (χ0v) is 26.2. The highest BCUT2D eigenvalue weighted by atomic mass is 16.3. The fourth-order valence-corrected chi connectivity index (χ4v) is 7.16. The Balaban J connectivity index is 1.19. The van der Waals surface area contributed by atoms with E-state index in [4.69, 9.17) is 0 Å². The van der Waals surface area contributed by atoms with Crippen LogP contribution >= 0.6 is 0 Å². The normalized spacial score (nSPS) is 19.5. The van der Waals surface area contributed by atoms with E-state index >= 15 is 0 Å². The predicted octanol–water partition coefficient (Wildman–Crippen LogP) is 6.06. The van der Waals surface area contributed by atoms with Gasteiger partial charge in [-0.25, -0.2) is 0 Å². The number of aromatic hydroxyl groups is 5. The highest BCUT2D eigenvalue weighted by Crippen LogP contribution is 2.45. The zero-order chi connectivity index (χ0) is 33.0. The number of hydrogen-bond acceptors (Lipinski definition) is 9. The van der Waals surface area contributed by atoms with Crippen molar-refractivity contribution in [1.29, 1.82) is 0 Å². The average Bonchev–Trinajstić information content (AvgIpc) is 3.63. The van der Waals surface area contributed by atoms with Crippen LogP contribution in [0.2, 0.25) is 0 Å². The van der Waals surface area contributed by atoms with Gasteiger partial charge in [0, 0.05) is 36.9 Å². The number of aliphatic imine (C=N–C) groups is 2. The molecule has 2 aliphatic rings. The Morgan fingerprint density at radius 2 is 1.64 bits per heavy atom. The first-order valence-corrected chi connectivity index (χ1v) is 16.1. The summed E-state index contributed by atoms with van der Waals surface area (Å²) in [5.41, 5.74) is 4.78. The third-order valence-electron chi connectivity index (χ3n) is 9.78. The molecule has 4 aromatic carbocycles. The minimum Gasteiger partial charge on any atom is -0.507 e. The van der Waals surface area contributed by atoms with Crippen LogP contribution < -0.4 is 5.32 Å².